The van der Waals surface area contributed by atoms with Crippen molar-refractivity contribution in [3.63, 3.8) is 0 Å². The molecule has 0 saturated heterocycles. The lowest BCUT2D eigenvalue weighted by Gasteiger charge is -2.14. The van der Waals surface area contributed by atoms with Gasteiger partial charge in [0.25, 0.3) is 5.91 Å². The van der Waals surface area contributed by atoms with Crippen molar-refractivity contribution in [2.45, 2.75) is 20.0 Å². The fourth-order valence-electron chi connectivity index (χ4n) is 2.47. The smallest absolute Gasteiger partial charge is 0.253 e. The Morgan fingerprint density at radius 3 is 2.26 bits per heavy atom. The second kappa shape index (κ2) is 11.3. The maximum absolute atomic E-state index is 11.9. The average molecular weight is 545 g/mol. The number of aliphatic imine (C=N–C) groups is 1. The molecule has 146 valence electrons. The maximum atomic E-state index is 11.9. The van der Waals surface area contributed by atoms with Crippen LogP contribution in [0.3, 0.4) is 0 Å². The van der Waals surface area contributed by atoms with Gasteiger partial charge in [-0.3, -0.25) is 9.79 Å². The summed E-state index contributed by atoms with van der Waals surface area (Å²) in [7, 11) is 5.25. The summed E-state index contributed by atoms with van der Waals surface area (Å²) in [4.78, 5) is 17.7. The molecule has 0 aliphatic heterocycles. The summed E-state index contributed by atoms with van der Waals surface area (Å²) in [6.45, 7) is 3.43. The highest BCUT2D eigenvalue weighted by Crippen LogP contribution is 2.15. The van der Waals surface area contributed by atoms with Crippen molar-refractivity contribution in [1.82, 2.24) is 15.5 Å². The third-order valence-corrected chi connectivity index (χ3v) is 4.53. The first-order valence-corrected chi connectivity index (χ1v) is 9.20. The normalized spacial score (nSPS) is 10.8. The highest BCUT2D eigenvalue weighted by molar-refractivity contribution is 14.0. The Morgan fingerprint density at radius 1 is 1.07 bits per heavy atom. The number of hydrogen-bond donors (Lipinski definition) is 2. The molecule has 0 atom stereocenters. The molecule has 7 heteroatoms. The van der Waals surface area contributed by atoms with Gasteiger partial charge in [-0.2, -0.15) is 0 Å². The molecule has 0 aliphatic rings. The van der Waals surface area contributed by atoms with Gasteiger partial charge in [-0.15, -0.1) is 24.0 Å². The Bertz CT molecular complexity index is 791. The number of benzene rings is 2. The van der Waals surface area contributed by atoms with Crippen LogP contribution in [0, 0.1) is 6.92 Å². The number of guanidine groups is 1. The third-order valence-electron chi connectivity index (χ3n) is 4.04. The molecular formula is C20H26BrIN4O. The van der Waals surface area contributed by atoms with Crippen LogP contribution in [0.1, 0.15) is 27.0 Å². The van der Waals surface area contributed by atoms with Gasteiger partial charge in [0.2, 0.25) is 0 Å². The van der Waals surface area contributed by atoms with Gasteiger partial charge < -0.3 is 15.5 Å². The van der Waals surface area contributed by atoms with Crippen molar-refractivity contribution in [3.05, 3.63) is 69.2 Å². The van der Waals surface area contributed by atoms with Crippen LogP contribution in [0.25, 0.3) is 0 Å². The minimum atomic E-state index is 0. The third kappa shape index (κ3) is 7.14. The number of nitrogens with zero attached hydrogens (tertiary/aromatic N) is 2. The first-order valence-electron chi connectivity index (χ1n) is 8.41. The summed E-state index contributed by atoms with van der Waals surface area (Å²) in [5.41, 5.74) is 4.22. The summed E-state index contributed by atoms with van der Waals surface area (Å²) in [5.74, 6) is 0.743. The molecule has 0 heterocycles. The van der Waals surface area contributed by atoms with Crippen molar-refractivity contribution in [1.29, 1.82) is 0 Å². The van der Waals surface area contributed by atoms with Crippen LogP contribution in [0.2, 0.25) is 0 Å². The number of carbonyl (C=O) groups excluding carboxylic acids is 1. The van der Waals surface area contributed by atoms with Gasteiger partial charge in [0.1, 0.15) is 0 Å². The lowest BCUT2D eigenvalue weighted by Crippen LogP contribution is -2.36. The molecule has 0 unspecified atom stereocenters. The molecule has 0 bridgehead atoms. The zero-order valence-corrected chi connectivity index (χ0v) is 20.0. The Labute approximate surface area is 186 Å². The van der Waals surface area contributed by atoms with Gasteiger partial charge in [0.05, 0.1) is 0 Å². The lowest BCUT2D eigenvalue weighted by atomic mass is 10.1. The fourth-order valence-corrected chi connectivity index (χ4v) is 2.94. The van der Waals surface area contributed by atoms with Gasteiger partial charge in [0, 0.05) is 44.3 Å². The summed E-state index contributed by atoms with van der Waals surface area (Å²) in [6, 6.07) is 13.8. The minimum Gasteiger partial charge on any atom is -0.352 e. The molecule has 2 aromatic carbocycles. The van der Waals surface area contributed by atoms with Crippen LogP contribution in [-0.2, 0) is 13.1 Å². The molecule has 27 heavy (non-hydrogen) atoms. The van der Waals surface area contributed by atoms with Gasteiger partial charge in [-0.1, -0.05) is 34.1 Å². The second-order valence-electron chi connectivity index (χ2n) is 6.25. The maximum Gasteiger partial charge on any atom is 0.253 e. The molecule has 2 rings (SSSR count). The van der Waals surface area contributed by atoms with Gasteiger partial charge >= 0.3 is 0 Å². The molecular weight excluding hydrogens is 519 g/mol. The van der Waals surface area contributed by atoms with Gasteiger partial charge in [0.15, 0.2) is 5.96 Å². The Kier molecular flexibility index (Phi) is 9.79. The highest BCUT2D eigenvalue weighted by atomic mass is 127. The van der Waals surface area contributed by atoms with Gasteiger partial charge in [-0.25, -0.2) is 0 Å². The highest BCUT2D eigenvalue weighted by Gasteiger charge is 2.07. The van der Waals surface area contributed by atoms with E-state index >= 15 is 0 Å². The van der Waals surface area contributed by atoms with Crippen molar-refractivity contribution >= 4 is 51.8 Å². The molecule has 2 N–H and O–H groups in total. The summed E-state index contributed by atoms with van der Waals surface area (Å²) >= 11 is 3.48. The molecule has 0 saturated carbocycles. The van der Waals surface area contributed by atoms with E-state index in [-0.39, 0.29) is 29.9 Å². The van der Waals surface area contributed by atoms with E-state index in [0.717, 1.165) is 16.0 Å². The fraction of sp³-hybridized carbons (Fsp3) is 0.300. The summed E-state index contributed by atoms with van der Waals surface area (Å²) in [5, 5.41) is 6.62. The minimum absolute atomic E-state index is 0. The zero-order valence-electron chi connectivity index (χ0n) is 16.0. The quantitative estimate of drug-likeness (QED) is 0.340. The van der Waals surface area contributed by atoms with E-state index in [1.165, 1.54) is 11.1 Å². The van der Waals surface area contributed by atoms with Crippen molar-refractivity contribution in [3.8, 4) is 0 Å². The zero-order chi connectivity index (χ0) is 19.1. The first-order chi connectivity index (χ1) is 12.4. The number of hydrogen-bond acceptors (Lipinski definition) is 2. The number of nitrogens with one attached hydrogen (secondary N) is 2. The summed E-state index contributed by atoms with van der Waals surface area (Å²) in [6.07, 6.45) is 0. The monoisotopic (exact) mass is 544 g/mol. The standard InChI is InChI=1S/C20H25BrN4O.HI/c1-14-11-18(21)10-9-17(14)13-24-20(22-2)23-12-15-5-7-16(8-6-15)19(26)25(3)4;/h5-11H,12-13H2,1-4H3,(H2,22,23,24);1H. The lowest BCUT2D eigenvalue weighted by molar-refractivity contribution is 0.0827. The molecule has 0 aliphatic carbocycles. The van der Waals surface area contributed by atoms with Crippen molar-refractivity contribution < 1.29 is 4.79 Å². The van der Waals surface area contributed by atoms with Crippen LogP contribution >= 0.6 is 39.9 Å². The van der Waals surface area contributed by atoms with Crippen LogP contribution in [0.4, 0.5) is 0 Å². The predicted molar refractivity (Wildman–Crippen MR) is 126 cm³/mol. The molecule has 2 aromatic rings. The number of carbonyl (C=O) groups is 1. The molecule has 5 nitrogen and oxygen atoms in total. The number of aryl methyl sites for hydroxylation is 1. The molecule has 0 spiro atoms. The van der Waals surface area contributed by atoms with Crippen LogP contribution in [0.5, 0.6) is 0 Å². The van der Waals surface area contributed by atoms with E-state index < -0.39 is 0 Å². The Hall–Kier alpha value is -1.61. The van der Waals surface area contributed by atoms with E-state index in [2.05, 4.69) is 50.6 Å². The average Bonchev–Trinajstić information content (AvgIpc) is 2.63. The van der Waals surface area contributed by atoms with Crippen LogP contribution in [-0.4, -0.2) is 37.9 Å². The van der Waals surface area contributed by atoms with Crippen LogP contribution < -0.4 is 10.6 Å². The molecule has 0 radical (unpaired) electrons. The van der Waals surface area contributed by atoms with Crippen molar-refractivity contribution in [2.75, 3.05) is 21.1 Å². The van der Waals surface area contributed by atoms with Crippen LogP contribution in [0.15, 0.2) is 51.9 Å². The SMILES string of the molecule is CN=C(NCc1ccc(C(=O)N(C)C)cc1)NCc1ccc(Br)cc1C.I. The van der Waals surface area contributed by atoms with Crippen molar-refractivity contribution in [2.24, 2.45) is 4.99 Å². The van der Waals surface area contributed by atoms with E-state index in [1.807, 2.05) is 30.3 Å². The first kappa shape index (κ1) is 23.4. The summed E-state index contributed by atoms with van der Waals surface area (Å²) < 4.78 is 1.08. The van der Waals surface area contributed by atoms with E-state index in [0.29, 0.717) is 18.7 Å². The van der Waals surface area contributed by atoms with Gasteiger partial charge in [-0.05, 0) is 47.9 Å². The molecule has 0 aromatic heterocycles. The largest absolute Gasteiger partial charge is 0.352 e. The predicted octanol–water partition coefficient (Wildman–Crippen LogP) is 3.94. The Balaban J connectivity index is 0.00000364. The topological polar surface area (TPSA) is 56.7 Å². The molecule has 1 amide bonds. The number of halogens is 2. The van der Waals surface area contributed by atoms with E-state index in [4.69, 9.17) is 0 Å². The second-order valence-corrected chi connectivity index (χ2v) is 7.16. The number of amides is 1. The van der Waals surface area contributed by atoms with E-state index in [9.17, 15) is 4.79 Å². The van der Waals surface area contributed by atoms with E-state index in [1.54, 1.807) is 26.0 Å². The molecule has 0 fully saturated rings. The number of rotatable bonds is 5. The Morgan fingerprint density at radius 2 is 1.70 bits per heavy atom.